The van der Waals surface area contributed by atoms with Gasteiger partial charge in [0.1, 0.15) is 0 Å². The lowest BCUT2D eigenvalue weighted by atomic mass is 9.77. The van der Waals surface area contributed by atoms with Gasteiger partial charge < -0.3 is 0 Å². The van der Waals surface area contributed by atoms with Crippen LogP contribution in [0.15, 0.2) is 24.3 Å². The van der Waals surface area contributed by atoms with Crippen molar-refractivity contribution in [3.8, 4) is 11.8 Å². The van der Waals surface area contributed by atoms with E-state index in [-0.39, 0.29) is 17.0 Å². The largest absolute Gasteiger partial charge is 0.204 e. The molecule has 1 saturated carbocycles. The number of hydrogen-bond acceptors (Lipinski definition) is 0. The Morgan fingerprint density at radius 2 is 1.39 bits per heavy atom. The van der Waals surface area contributed by atoms with Crippen molar-refractivity contribution in [1.29, 1.82) is 0 Å². The normalized spacial score (nSPS) is 19.2. The molecule has 2 aromatic carbocycles. The Morgan fingerprint density at radius 3 is 2.00 bits per heavy atom. The highest BCUT2D eigenvalue weighted by atomic mass is 19.2. The molecule has 28 heavy (non-hydrogen) atoms. The van der Waals surface area contributed by atoms with Crippen molar-refractivity contribution in [3.63, 3.8) is 0 Å². The molecule has 1 aliphatic rings. The van der Waals surface area contributed by atoms with Gasteiger partial charge in [0.25, 0.3) is 0 Å². The summed E-state index contributed by atoms with van der Waals surface area (Å²) in [6, 6.07) is 4.16. The Hall–Kier alpha value is -2.35. The molecule has 0 amide bonds. The highest BCUT2D eigenvalue weighted by Gasteiger charge is 2.23. The molecule has 148 valence electrons. The van der Waals surface area contributed by atoms with Crippen molar-refractivity contribution in [2.45, 2.75) is 51.4 Å². The Bertz CT molecular complexity index is 892. The Kier molecular flexibility index (Phi) is 6.39. The fraction of sp³-hybridized carbons (Fsp3) is 0.391. The van der Waals surface area contributed by atoms with Crippen LogP contribution in [0.4, 0.5) is 22.0 Å². The molecule has 0 heterocycles. The Morgan fingerprint density at radius 1 is 0.786 bits per heavy atom. The van der Waals surface area contributed by atoms with E-state index in [4.69, 9.17) is 0 Å². The van der Waals surface area contributed by atoms with Crippen LogP contribution >= 0.6 is 0 Å². The molecule has 0 unspecified atom stereocenters. The molecule has 0 saturated heterocycles. The minimum atomic E-state index is -1.59. The molecule has 1 aliphatic carbocycles. The molecule has 2 aromatic rings. The van der Waals surface area contributed by atoms with Gasteiger partial charge in [-0.25, -0.2) is 22.0 Å². The fourth-order valence-electron chi connectivity index (χ4n) is 3.90. The van der Waals surface area contributed by atoms with Gasteiger partial charge in [0.05, 0.1) is 5.56 Å². The minimum Gasteiger partial charge on any atom is -0.204 e. The third-order valence-corrected chi connectivity index (χ3v) is 5.39. The van der Waals surface area contributed by atoms with E-state index in [0.717, 1.165) is 44.2 Å². The molecule has 0 N–H and O–H groups in total. The van der Waals surface area contributed by atoms with E-state index in [1.165, 1.54) is 18.6 Å². The Balaban J connectivity index is 1.85. The second-order valence-corrected chi connectivity index (χ2v) is 7.37. The van der Waals surface area contributed by atoms with Crippen LogP contribution in [0.5, 0.6) is 0 Å². The summed E-state index contributed by atoms with van der Waals surface area (Å²) in [7, 11) is 0. The summed E-state index contributed by atoms with van der Waals surface area (Å²) >= 11 is 0. The predicted octanol–water partition coefficient (Wildman–Crippen LogP) is 6.86. The van der Waals surface area contributed by atoms with Crippen molar-refractivity contribution >= 4 is 0 Å². The first-order valence-electron chi connectivity index (χ1n) is 9.54. The molecule has 0 spiro atoms. The van der Waals surface area contributed by atoms with Crippen LogP contribution in [-0.4, -0.2) is 0 Å². The van der Waals surface area contributed by atoms with Crippen molar-refractivity contribution in [1.82, 2.24) is 0 Å². The van der Waals surface area contributed by atoms with Crippen LogP contribution in [-0.2, 0) is 0 Å². The highest BCUT2D eigenvalue weighted by molar-refractivity contribution is 5.46. The summed E-state index contributed by atoms with van der Waals surface area (Å²) in [6.45, 7) is 2.16. The zero-order valence-electron chi connectivity index (χ0n) is 15.6. The number of benzene rings is 2. The molecule has 0 radical (unpaired) electrons. The third-order valence-electron chi connectivity index (χ3n) is 5.39. The molecule has 0 nitrogen and oxygen atoms in total. The van der Waals surface area contributed by atoms with Gasteiger partial charge in [0.15, 0.2) is 29.1 Å². The van der Waals surface area contributed by atoms with Crippen LogP contribution in [0.1, 0.15) is 68.1 Å². The maximum absolute atomic E-state index is 14.2. The van der Waals surface area contributed by atoms with Crippen molar-refractivity contribution < 1.29 is 22.0 Å². The van der Waals surface area contributed by atoms with E-state index >= 15 is 0 Å². The Labute approximate surface area is 161 Å². The van der Waals surface area contributed by atoms with Crippen LogP contribution in [0.2, 0.25) is 0 Å². The molecule has 0 aliphatic heterocycles. The molecule has 0 aromatic heterocycles. The highest BCUT2D eigenvalue weighted by Crippen LogP contribution is 2.38. The summed E-state index contributed by atoms with van der Waals surface area (Å²) < 4.78 is 67.8. The van der Waals surface area contributed by atoms with Gasteiger partial charge in [-0.3, -0.25) is 0 Å². The molecule has 1 fully saturated rings. The second-order valence-electron chi connectivity index (χ2n) is 7.37. The summed E-state index contributed by atoms with van der Waals surface area (Å²) in [4.78, 5) is 0. The van der Waals surface area contributed by atoms with Crippen LogP contribution < -0.4 is 0 Å². The van der Waals surface area contributed by atoms with E-state index in [9.17, 15) is 22.0 Å². The zero-order chi connectivity index (χ0) is 20.3. The first kappa shape index (κ1) is 20.4. The quantitative estimate of drug-likeness (QED) is 0.304. The molecular formula is C23H21F5. The lowest BCUT2D eigenvalue weighted by molar-refractivity contribution is 0.307. The van der Waals surface area contributed by atoms with E-state index < -0.39 is 29.1 Å². The summed E-state index contributed by atoms with van der Waals surface area (Å²) in [6.07, 6.45) is 6.28. The molecule has 0 bridgehead atoms. The van der Waals surface area contributed by atoms with Gasteiger partial charge in [-0.1, -0.05) is 31.6 Å². The van der Waals surface area contributed by atoms with Crippen LogP contribution in [0.3, 0.4) is 0 Å². The van der Waals surface area contributed by atoms with Gasteiger partial charge in [-0.2, -0.15) is 0 Å². The number of rotatable bonds is 3. The molecular weight excluding hydrogens is 371 g/mol. The predicted molar refractivity (Wildman–Crippen MR) is 98.3 cm³/mol. The van der Waals surface area contributed by atoms with Crippen LogP contribution in [0.25, 0.3) is 0 Å². The summed E-state index contributed by atoms with van der Waals surface area (Å²) in [5, 5.41) is 0. The van der Waals surface area contributed by atoms with Gasteiger partial charge in [-0.05, 0) is 67.3 Å². The summed E-state index contributed by atoms with van der Waals surface area (Å²) in [5.74, 6) is -0.794. The lowest BCUT2D eigenvalue weighted by Crippen LogP contribution is -2.13. The smallest absolute Gasteiger partial charge is 0.194 e. The first-order valence-corrected chi connectivity index (χ1v) is 9.54. The zero-order valence-corrected chi connectivity index (χ0v) is 15.6. The van der Waals surface area contributed by atoms with E-state index in [1.54, 1.807) is 0 Å². The average Bonchev–Trinajstić information content (AvgIpc) is 2.68. The van der Waals surface area contributed by atoms with Gasteiger partial charge in [0.2, 0.25) is 0 Å². The summed E-state index contributed by atoms with van der Waals surface area (Å²) in [5.41, 5.74) is 0.368. The first-order chi connectivity index (χ1) is 13.4. The molecule has 0 atom stereocenters. The standard InChI is InChI=1S/C23H21F5/c1-2-3-14-4-7-16(8-5-14)18-12-17(22(27)21(26)13-18)9-6-15-10-19(24)23(28)20(25)11-15/h10-14,16H,2-5,7-8H2,1H3. The molecule has 5 heteroatoms. The van der Waals surface area contributed by atoms with E-state index in [2.05, 4.69) is 18.8 Å². The van der Waals surface area contributed by atoms with E-state index in [0.29, 0.717) is 11.5 Å². The maximum atomic E-state index is 14.2. The third kappa shape index (κ3) is 4.55. The van der Waals surface area contributed by atoms with E-state index in [1.807, 2.05) is 0 Å². The lowest BCUT2D eigenvalue weighted by Gasteiger charge is -2.28. The van der Waals surface area contributed by atoms with Crippen molar-refractivity contribution in [2.24, 2.45) is 5.92 Å². The topological polar surface area (TPSA) is 0 Å². The number of hydrogen-bond donors (Lipinski definition) is 0. The monoisotopic (exact) mass is 392 g/mol. The second kappa shape index (κ2) is 8.77. The van der Waals surface area contributed by atoms with Crippen molar-refractivity contribution in [3.05, 3.63) is 70.0 Å². The molecule has 3 rings (SSSR count). The fourth-order valence-corrected chi connectivity index (χ4v) is 3.90. The van der Waals surface area contributed by atoms with Gasteiger partial charge in [-0.15, -0.1) is 0 Å². The number of halogens is 5. The maximum Gasteiger partial charge on any atom is 0.194 e. The minimum absolute atomic E-state index is 0.143. The average molecular weight is 392 g/mol. The van der Waals surface area contributed by atoms with Crippen LogP contribution in [0, 0.1) is 46.8 Å². The van der Waals surface area contributed by atoms with Gasteiger partial charge >= 0.3 is 0 Å². The van der Waals surface area contributed by atoms with Crippen molar-refractivity contribution in [2.75, 3.05) is 0 Å². The SMILES string of the molecule is CCCC1CCC(c2cc(F)c(F)c(C#Cc3cc(F)c(F)c(F)c3)c2)CC1. The van der Waals surface area contributed by atoms with Gasteiger partial charge in [0, 0.05) is 5.56 Å².